The number of benzene rings is 3. The van der Waals surface area contributed by atoms with Crippen molar-refractivity contribution in [1.29, 1.82) is 0 Å². The summed E-state index contributed by atoms with van der Waals surface area (Å²) in [6.07, 6.45) is 0. The molecule has 0 bridgehead atoms. The first-order chi connectivity index (χ1) is 12.8. The maximum Gasteiger partial charge on any atom is 0.142 e. The fourth-order valence-electron chi connectivity index (χ4n) is 3.38. The normalized spacial score (nSPS) is 11.3. The standard InChI is InChI=1S/C22H16N2OS/c1-25-17-12-7-10-15-19(22-23-16-11-5-6-13-18(16)26-22)20(24-21(15)17)14-8-3-2-4-9-14/h2-13,24H,1H3. The van der Waals surface area contributed by atoms with Gasteiger partial charge in [-0.05, 0) is 23.8 Å². The predicted octanol–water partition coefficient (Wildman–Crippen LogP) is 6.12. The molecular weight excluding hydrogens is 340 g/mol. The number of nitrogens with zero attached hydrogens (tertiary/aromatic N) is 1. The summed E-state index contributed by atoms with van der Waals surface area (Å²) < 4.78 is 6.77. The second-order valence-electron chi connectivity index (χ2n) is 6.11. The average Bonchev–Trinajstić information content (AvgIpc) is 3.29. The van der Waals surface area contributed by atoms with Gasteiger partial charge >= 0.3 is 0 Å². The van der Waals surface area contributed by atoms with Crippen molar-refractivity contribution in [1.82, 2.24) is 9.97 Å². The van der Waals surface area contributed by atoms with Crippen LogP contribution >= 0.6 is 11.3 Å². The second-order valence-corrected chi connectivity index (χ2v) is 7.14. The fraction of sp³-hybridized carbons (Fsp3) is 0.0455. The van der Waals surface area contributed by atoms with Crippen LogP contribution < -0.4 is 4.74 Å². The molecule has 0 spiro atoms. The lowest BCUT2D eigenvalue weighted by molar-refractivity contribution is 0.419. The van der Waals surface area contributed by atoms with E-state index in [0.29, 0.717) is 0 Å². The summed E-state index contributed by atoms with van der Waals surface area (Å²) >= 11 is 1.72. The Labute approximate surface area is 154 Å². The molecule has 0 atom stereocenters. The number of hydrogen-bond acceptors (Lipinski definition) is 3. The van der Waals surface area contributed by atoms with Gasteiger partial charge in [0, 0.05) is 10.9 Å². The van der Waals surface area contributed by atoms with Crippen molar-refractivity contribution in [3.8, 4) is 27.6 Å². The van der Waals surface area contributed by atoms with Crippen molar-refractivity contribution in [2.75, 3.05) is 7.11 Å². The van der Waals surface area contributed by atoms with E-state index in [0.717, 1.165) is 44.0 Å². The third kappa shape index (κ3) is 2.30. The molecule has 3 nitrogen and oxygen atoms in total. The van der Waals surface area contributed by atoms with Gasteiger partial charge in [0.1, 0.15) is 10.8 Å². The van der Waals surface area contributed by atoms with Crippen LogP contribution in [0.25, 0.3) is 42.9 Å². The van der Waals surface area contributed by atoms with Crippen molar-refractivity contribution in [2.24, 2.45) is 0 Å². The Morgan fingerprint density at radius 2 is 1.69 bits per heavy atom. The maximum absolute atomic E-state index is 5.58. The monoisotopic (exact) mass is 356 g/mol. The van der Waals surface area contributed by atoms with Crippen LogP contribution in [0.1, 0.15) is 0 Å². The predicted molar refractivity (Wildman–Crippen MR) is 109 cm³/mol. The Hall–Kier alpha value is -3.11. The molecule has 0 saturated heterocycles. The van der Waals surface area contributed by atoms with E-state index in [-0.39, 0.29) is 0 Å². The Morgan fingerprint density at radius 1 is 0.885 bits per heavy atom. The minimum atomic E-state index is 0.840. The zero-order valence-corrected chi connectivity index (χ0v) is 15.0. The van der Waals surface area contributed by atoms with Gasteiger partial charge in [0.05, 0.1) is 28.5 Å². The molecule has 3 aromatic carbocycles. The number of fused-ring (bicyclic) bond motifs is 2. The summed E-state index contributed by atoms with van der Waals surface area (Å²) in [5.41, 5.74) is 5.38. The molecule has 0 unspecified atom stereocenters. The zero-order chi connectivity index (χ0) is 17.5. The van der Waals surface area contributed by atoms with Crippen molar-refractivity contribution in [3.05, 3.63) is 72.8 Å². The van der Waals surface area contributed by atoms with Crippen molar-refractivity contribution >= 4 is 32.5 Å². The number of rotatable bonds is 3. The van der Waals surface area contributed by atoms with E-state index >= 15 is 0 Å². The second kappa shape index (κ2) is 6.00. The largest absolute Gasteiger partial charge is 0.495 e. The highest BCUT2D eigenvalue weighted by molar-refractivity contribution is 7.21. The topological polar surface area (TPSA) is 37.9 Å². The molecule has 0 aliphatic carbocycles. The molecule has 5 rings (SSSR count). The molecule has 0 aliphatic heterocycles. The van der Waals surface area contributed by atoms with Crippen LogP contribution in [-0.4, -0.2) is 17.1 Å². The van der Waals surface area contributed by atoms with Gasteiger partial charge in [-0.15, -0.1) is 11.3 Å². The first-order valence-electron chi connectivity index (χ1n) is 8.45. The lowest BCUT2D eigenvalue weighted by Crippen LogP contribution is -1.83. The van der Waals surface area contributed by atoms with Crippen LogP contribution in [0.2, 0.25) is 0 Å². The summed E-state index contributed by atoms with van der Waals surface area (Å²) in [6, 6.07) is 24.8. The van der Waals surface area contributed by atoms with Gasteiger partial charge in [-0.25, -0.2) is 4.98 Å². The van der Waals surface area contributed by atoms with Gasteiger partial charge in [0.15, 0.2) is 0 Å². The zero-order valence-electron chi connectivity index (χ0n) is 14.2. The average molecular weight is 356 g/mol. The molecule has 0 saturated carbocycles. The number of para-hydroxylation sites is 2. The Balaban J connectivity index is 1.87. The van der Waals surface area contributed by atoms with Crippen LogP contribution in [0.5, 0.6) is 5.75 Å². The summed E-state index contributed by atoms with van der Waals surface area (Å²) in [4.78, 5) is 8.49. The molecule has 126 valence electrons. The third-order valence-electron chi connectivity index (χ3n) is 4.59. The van der Waals surface area contributed by atoms with Gasteiger partial charge in [-0.3, -0.25) is 0 Å². The molecule has 2 aromatic heterocycles. The van der Waals surface area contributed by atoms with Crippen molar-refractivity contribution in [2.45, 2.75) is 0 Å². The lowest BCUT2D eigenvalue weighted by Gasteiger charge is -2.02. The van der Waals surface area contributed by atoms with E-state index in [4.69, 9.17) is 9.72 Å². The molecule has 4 heteroatoms. The molecule has 26 heavy (non-hydrogen) atoms. The molecule has 0 amide bonds. The van der Waals surface area contributed by atoms with Crippen LogP contribution in [-0.2, 0) is 0 Å². The highest BCUT2D eigenvalue weighted by atomic mass is 32.1. The number of methoxy groups -OCH3 is 1. The van der Waals surface area contributed by atoms with E-state index in [2.05, 4.69) is 53.5 Å². The maximum atomic E-state index is 5.58. The van der Waals surface area contributed by atoms with E-state index in [9.17, 15) is 0 Å². The van der Waals surface area contributed by atoms with Crippen molar-refractivity contribution < 1.29 is 4.74 Å². The van der Waals surface area contributed by atoms with Crippen LogP contribution in [0.4, 0.5) is 0 Å². The molecule has 0 radical (unpaired) electrons. The number of aromatic nitrogens is 2. The first kappa shape index (κ1) is 15.2. The van der Waals surface area contributed by atoms with E-state index in [1.54, 1.807) is 18.4 Å². The van der Waals surface area contributed by atoms with Gasteiger partial charge in [0.2, 0.25) is 0 Å². The number of hydrogen-bond donors (Lipinski definition) is 1. The minimum Gasteiger partial charge on any atom is -0.495 e. The Morgan fingerprint density at radius 3 is 2.50 bits per heavy atom. The molecule has 5 aromatic rings. The van der Waals surface area contributed by atoms with E-state index in [1.807, 2.05) is 24.3 Å². The molecule has 0 aliphatic rings. The van der Waals surface area contributed by atoms with Gasteiger partial charge in [-0.2, -0.15) is 0 Å². The smallest absolute Gasteiger partial charge is 0.142 e. The van der Waals surface area contributed by atoms with Crippen LogP contribution in [0, 0.1) is 0 Å². The number of aromatic amines is 1. The molecular formula is C22H16N2OS. The summed E-state index contributed by atoms with van der Waals surface area (Å²) in [6.45, 7) is 0. The third-order valence-corrected chi connectivity index (χ3v) is 5.64. The SMILES string of the molecule is COc1cccc2c(-c3nc4ccccc4s3)c(-c3ccccc3)[nH]c12. The van der Waals surface area contributed by atoms with Gasteiger partial charge < -0.3 is 9.72 Å². The number of thiazole rings is 1. The lowest BCUT2D eigenvalue weighted by atomic mass is 10.1. The minimum absolute atomic E-state index is 0.840. The van der Waals surface area contributed by atoms with E-state index < -0.39 is 0 Å². The summed E-state index contributed by atoms with van der Waals surface area (Å²) in [7, 11) is 1.70. The fourth-order valence-corrected chi connectivity index (χ4v) is 4.41. The van der Waals surface area contributed by atoms with Crippen molar-refractivity contribution in [3.63, 3.8) is 0 Å². The molecule has 1 N–H and O–H groups in total. The summed E-state index contributed by atoms with van der Waals surface area (Å²) in [5.74, 6) is 0.840. The quantitative estimate of drug-likeness (QED) is 0.423. The van der Waals surface area contributed by atoms with Gasteiger partial charge in [-0.1, -0.05) is 54.6 Å². The molecule has 0 fully saturated rings. The molecule has 2 heterocycles. The number of nitrogens with one attached hydrogen (secondary N) is 1. The van der Waals surface area contributed by atoms with Gasteiger partial charge in [0.25, 0.3) is 0 Å². The highest BCUT2D eigenvalue weighted by Crippen LogP contribution is 2.43. The summed E-state index contributed by atoms with van der Waals surface area (Å²) in [5, 5.41) is 2.15. The van der Waals surface area contributed by atoms with Crippen LogP contribution in [0.15, 0.2) is 72.8 Å². The number of ether oxygens (including phenoxy) is 1. The van der Waals surface area contributed by atoms with E-state index in [1.165, 1.54) is 4.70 Å². The van der Waals surface area contributed by atoms with Crippen LogP contribution in [0.3, 0.4) is 0 Å². The highest BCUT2D eigenvalue weighted by Gasteiger charge is 2.20. The Kier molecular flexibility index (Phi) is 3.50. The Bertz CT molecular complexity index is 1190. The first-order valence-corrected chi connectivity index (χ1v) is 9.27. The number of H-pyrrole nitrogens is 1.